The van der Waals surface area contributed by atoms with Crippen LogP contribution in [0.4, 0.5) is 22.7 Å². The number of ether oxygens (including phenoxy) is 1. The molecule has 55 heavy (non-hydrogen) atoms. The third-order valence-corrected chi connectivity index (χ3v) is 11.3. The van der Waals surface area contributed by atoms with Crippen molar-refractivity contribution in [1.29, 1.82) is 0 Å². The monoisotopic (exact) mass is 734 g/mol. The van der Waals surface area contributed by atoms with Crippen LogP contribution in [-0.2, 0) is 6.42 Å². The highest BCUT2D eigenvalue weighted by Crippen LogP contribution is 2.43. The Balaban J connectivity index is 0.865. The molecule has 2 atom stereocenters. The van der Waals surface area contributed by atoms with Crippen LogP contribution in [0.25, 0.3) is 10.8 Å². The standard InChI is InChI=1S/C49H42N4OS/c1-55-45-27-23-43(24-28-45)53-47(34-49(53)51-41-15-9-4-10-16-41)39-20-19-37-31-35(17-18-38(37)32-39)29-30-54-44-25-21-42(22-26-44)52-46(36-11-5-2-6-12-36)33-48(52)50-40-13-7-3-8-14-40/h2-28,31-32,46-47H,29-30,33-34H2,1H3/b50-48+,51-49+. The highest BCUT2D eigenvalue weighted by molar-refractivity contribution is 7.98. The number of benzene rings is 7. The molecule has 2 unspecified atom stereocenters. The molecule has 0 aliphatic carbocycles. The fraction of sp³-hybridized carbons (Fsp3) is 0.143. The number of thioether (sulfide) groups is 1. The van der Waals surface area contributed by atoms with Gasteiger partial charge in [-0.25, -0.2) is 9.98 Å². The van der Waals surface area contributed by atoms with E-state index in [1.54, 1.807) is 11.8 Å². The van der Waals surface area contributed by atoms with E-state index >= 15 is 0 Å². The zero-order valence-electron chi connectivity index (χ0n) is 30.8. The first-order valence-corrected chi connectivity index (χ1v) is 20.2. The van der Waals surface area contributed by atoms with Crippen LogP contribution in [-0.4, -0.2) is 24.5 Å². The van der Waals surface area contributed by atoms with Crippen LogP contribution >= 0.6 is 11.8 Å². The van der Waals surface area contributed by atoms with Gasteiger partial charge in [0.25, 0.3) is 0 Å². The molecule has 0 amide bonds. The van der Waals surface area contributed by atoms with Crippen LogP contribution in [0.2, 0.25) is 0 Å². The van der Waals surface area contributed by atoms with Gasteiger partial charge in [0.1, 0.15) is 17.4 Å². The van der Waals surface area contributed by atoms with Gasteiger partial charge in [-0.2, -0.15) is 0 Å². The van der Waals surface area contributed by atoms with Gasteiger partial charge in [-0.05, 0) is 113 Å². The number of hydrogen-bond donors (Lipinski definition) is 0. The van der Waals surface area contributed by atoms with Gasteiger partial charge in [-0.1, -0.05) is 97.1 Å². The number of amidine groups is 2. The maximum atomic E-state index is 6.27. The zero-order chi connectivity index (χ0) is 37.0. The summed E-state index contributed by atoms with van der Waals surface area (Å²) in [5.74, 6) is 3.04. The molecule has 2 heterocycles. The summed E-state index contributed by atoms with van der Waals surface area (Å²) in [4.78, 5) is 16.0. The maximum Gasteiger partial charge on any atom is 0.119 e. The average molecular weight is 735 g/mol. The van der Waals surface area contributed by atoms with Gasteiger partial charge in [0.05, 0.1) is 30.1 Å². The Morgan fingerprint density at radius 3 is 1.67 bits per heavy atom. The van der Waals surface area contributed by atoms with Crippen molar-refractivity contribution in [3.63, 3.8) is 0 Å². The molecule has 2 aliphatic rings. The Kier molecular flexibility index (Phi) is 9.89. The Bertz CT molecular complexity index is 2450. The molecule has 2 saturated heterocycles. The number of rotatable bonds is 11. The second kappa shape index (κ2) is 15.7. The van der Waals surface area contributed by atoms with Crippen molar-refractivity contribution >= 4 is 57.0 Å². The molecule has 0 spiro atoms. The molecule has 6 heteroatoms. The quantitative estimate of drug-likeness (QED) is 0.124. The van der Waals surface area contributed by atoms with Gasteiger partial charge in [0, 0.05) is 35.5 Å². The van der Waals surface area contributed by atoms with E-state index in [2.05, 4.69) is 156 Å². The fourth-order valence-corrected chi connectivity index (χ4v) is 8.05. The summed E-state index contributed by atoms with van der Waals surface area (Å²) in [6.07, 6.45) is 4.75. The molecule has 0 saturated carbocycles. The lowest BCUT2D eigenvalue weighted by Crippen LogP contribution is -2.46. The number of anilines is 2. The normalized spacial score (nSPS) is 18.0. The molecular formula is C49H42N4OS. The van der Waals surface area contributed by atoms with Crippen LogP contribution in [0.5, 0.6) is 5.75 Å². The summed E-state index contributed by atoms with van der Waals surface area (Å²) in [7, 11) is 0. The van der Waals surface area contributed by atoms with E-state index in [-0.39, 0.29) is 12.1 Å². The largest absolute Gasteiger partial charge is 0.493 e. The highest BCUT2D eigenvalue weighted by atomic mass is 32.2. The van der Waals surface area contributed by atoms with E-state index in [9.17, 15) is 0 Å². The molecule has 0 aromatic heterocycles. The lowest BCUT2D eigenvalue weighted by atomic mass is 9.90. The molecule has 2 fully saturated rings. The number of hydrogen-bond acceptors (Lipinski definition) is 4. The molecule has 7 aromatic carbocycles. The van der Waals surface area contributed by atoms with Gasteiger partial charge < -0.3 is 14.5 Å². The van der Waals surface area contributed by atoms with E-state index in [4.69, 9.17) is 14.7 Å². The van der Waals surface area contributed by atoms with Crippen molar-refractivity contribution in [2.75, 3.05) is 22.7 Å². The molecule has 0 N–H and O–H groups in total. The first-order chi connectivity index (χ1) is 27.2. The number of aliphatic imine (C=N–C) groups is 2. The predicted molar refractivity (Wildman–Crippen MR) is 231 cm³/mol. The third-order valence-electron chi connectivity index (χ3n) is 10.6. The minimum absolute atomic E-state index is 0.236. The van der Waals surface area contributed by atoms with Crippen LogP contribution in [0.1, 0.15) is 41.6 Å². The van der Waals surface area contributed by atoms with Crippen LogP contribution in [0, 0.1) is 0 Å². The molecule has 7 aromatic rings. The summed E-state index contributed by atoms with van der Waals surface area (Å²) in [5, 5.41) is 2.49. The van der Waals surface area contributed by atoms with Gasteiger partial charge >= 0.3 is 0 Å². The summed E-state index contributed by atoms with van der Waals surface area (Å²) in [5.41, 5.74) is 8.12. The van der Waals surface area contributed by atoms with Crippen molar-refractivity contribution in [2.45, 2.75) is 36.2 Å². The molecule has 0 bridgehead atoms. The van der Waals surface area contributed by atoms with Crippen molar-refractivity contribution < 1.29 is 4.74 Å². The zero-order valence-corrected chi connectivity index (χ0v) is 31.6. The first-order valence-electron chi connectivity index (χ1n) is 19.0. The van der Waals surface area contributed by atoms with Crippen LogP contribution in [0.15, 0.2) is 191 Å². The smallest absolute Gasteiger partial charge is 0.119 e. The second-order valence-electron chi connectivity index (χ2n) is 14.0. The molecule has 2 aliphatic heterocycles. The van der Waals surface area contributed by atoms with Crippen LogP contribution < -0.4 is 14.5 Å². The van der Waals surface area contributed by atoms with Gasteiger partial charge in [0.15, 0.2) is 0 Å². The van der Waals surface area contributed by atoms with Crippen molar-refractivity contribution in [2.24, 2.45) is 9.98 Å². The van der Waals surface area contributed by atoms with Crippen molar-refractivity contribution in [3.05, 3.63) is 193 Å². The lowest BCUT2D eigenvalue weighted by molar-refractivity contribution is 0.322. The minimum Gasteiger partial charge on any atom is -0.493 e. The molecule has 5 nitrogen and oxygen atoms in total. The maximum absolute atomic E-state index is 6.27. The molecule has 9 rings (SSSR count). The second-order valence-corrected chi connectivity index (χ2v) is 14.9. The van der Waals surface area contributed by atoms with Crippen molar-refractivity contribution in [1.82, 2.24) is 0 Å². The Labute approximate surface area is 327 Å². The SMILES string of the molecule is CSc1ccc(N2/C(=N/c3ccccc3)CC2c2ccc3cc(CCOc4ccc(N5/C(=N/c6ccccc6)CC5c5ccccc5)cc4)ccc3c2)cc1. The molecular weight excluding hydrogens is 693 g/mol. The Morgan fingerprint density at radius 1 is 0.545 bits per heavy atom. The van der Waals surface area contributed by atoms with E-state index in [1.807, 2.05) is 36.4 Å². The predicted octanol–water partition coefficient (Wildman–Crippen LogP) is 12.5. The minimum atomic E-state index is 0.236. The van der Waals surface area contributed by atoms with E-state index < -0.39 is 0 Å². The average Bonchev–Trinajstić information content (AvgIpc) is 3.22. The fourth-order valence-electron chi connectivity index (χ4n) is 7.64. The number of fused-ring (bicyclic) bond motifs is 1. The summed E-state index contributed by atoms with van der Waals surface area (Å²) < 4.78 is 6.27. The van der Waals surface area contributed by atoms with E-state index in [0.29, 0.717) is 6.61 Å². The molecule has 0 radical (unpaired) electrons. The number of nitrogens with zero attached hydrogens (tertiary/aromatic N) is 4. The van der Waals surface area contributed by atoms with E-state index in [1.165, 1.54) is 38.0 Å². The van der Waals surface area contributed by atoms with Gasteiger partial charge in [0.2, 0.25) is 0 Å². The summed E-state index contributed by atoms with van der Waals surface area (Å²) >= 11 is 1.76. The Morgan fingerprint density at radius 2 is 1.07 bits per heavy atom. The summed E-state index contributed by atoms with van der Waals surface area (Å²) in [6.45, 7) is 0.607. The highest BCUT2D eigenvalue weighted by Gasteiger charge is 2.37. The molecule has 270 valence electrons. The topological polar surface area (TPSA) is 40.4 Å². The Hall–Kier alpha value is -6.11. The third kappa shape index (κ3) is 7.51. The lowest BCUT2D eigenvalue weighted by Gasteiger charge is -2.44. The van der Waals surface area contributed by atoms with Gasteiger partial charge in [-0.3, -0.25) is 0 Å². The number of para-hydroxylation sites is 2. The van der Waals surface area contributed by atoms with Gasteiger partial charge in [-0.15, -0.1) is 11.8 Å². The van der Waals surface area contributed by atoms with Crippen LogP contribution in [0.3, 0.4) is 0 Å². The summed E-state index contributed by atoms with van der Waals surface area (Å²) in [6, 6.07) is 62.6. The first kappa shape index (κ1) is 34.6. The van der Waals surface area contributed by atoms with Crippen molar-refractivity contribution in [3.8, 4) is 5.75 Å². The van der Waals surface area contributed by atoms with E-state index in [0.717, 1.165) is 53.7 Å².